The highest BCUT2D eigenvalue weighted by Crippen LogP contribution is 2.69. The summed E-state index contributed by atoms with van der Waals surface area (Å²) in [7, 11) is 4.07. The van der Waals surface area contributed by atoms with Crippen LogP contribution in [-0.2, 0) is 9.57 Å². The van der Waals surface area contributed by atoms with Gasteiger partial charge >= 0.3 is 0 Å². The number of fused-ring (bicyclic) bond motifs is 5. The van der Waals surface area contributed by atoms with Crippen molar-refractivity contribution in [3.63, 3.8) is 0 Å². The summed E-state index contributed by atoms with van der Waals surface area (Å²) in [5.74, 6) is 0.617. The SMILES string of the molecule is CN(C)CCO/N=C/[C@H]1CC[C@]2(O)[C@@H]3CC[C@@H]4C[C@@](O)(OCCN5CCCC5)CC[C@]4(C)[C@H]3CC[C@]12C. The Bertz CT molecular complexity index is 819. The fourth-order valence-electron chi connectivity index (χ4n) is 9.35. The van der Waals surface area contributed by atoms with Crippen LogP contribution in [0.1, 0.15) is 84.5 Å². The summed E-state index contributed by atoms with van der Waals surface area (Å²) in [5.41, 5.74) is -0.601. The number of ether oxygens (including phenoxy) is 1. The second-order valence-electron chi connectivity index (χ2n) is 14.0. The van der Waals surface area contributed by atoms with Crippen LogP contribution in [0.2, 0.25) is 0 Å². The van der Waals surface area contributed by atoms with Crippen molar-refractivity contribution in [3.8, 4) is 0 Å². The van der Waals surface area contributed by atoms with Gasteiger partial charge in [-0.2, -0.15) is 0 Å². The van der Waals surface area contributed by atoms with Crippen molar-refractivity contribution in [2.45, 2.75) is 95.9 Å². The highest BCUT2D eigenvalue weighted by Gasteiger charge is 2.67. The third-order valence-corrected chi connectivity index (χ3v) is 11.9. The van der Waals surface area contributed by atoms with Crippen LogP contribution in [0.5, 0.6) is 0 Å². The molecule has 0 radical (unpaired) electrons. The minimum absolute atomic E-state index is 0.139. The number of likely N-dealkylation sites (N-methyl/N-ethyl adjacent to an activating group) is 1. The topological polar surface area (TPSA) is 77.8 Å². The molecule has 37 heavy (non-hydrogen) atoms. The van der Waals surface area contributed by atoms with Gasteiger partial charge in [-0.15, -0.1) is 0 Å². The fraction of sp³-hybridized carbons (Fsp3) is 0.967. The van der Waals surface area contributed by atoms with Gasteiger partial charge in [0.05, 0.1) is 12.2 Å². The molecule has 1 saturated heterocycles. The molecule has 5 fully saturated rings. The monoisotopic (exact) mass is 519 g/mol. The van der Waals surface area contributed by atoms with Gasteiger partial charge in [0.1, 0.15) is 6.61 Å². The molecule has 0 unspecified atom stereocenters. The molecule has 0 spiro atoms. The molecule has 0 aromatic rings. The van der Waals surface area contributed by atoms with E-state index in [-0.39, 0.29) is 16.7 Å². The lowest BCUT2D eigenvalue weighted by Crippen LogP contribution is -2.63. The summed E-state index contributed by atoms with van der Waals surface area (Å²) >= 11 is 0. The average molecular weight is 520 g/mol. The van der Waals surface area contributed by atoms with Gasteiger partial charge in [0.15, 0.2) is 5.79 Å². The first kappa shape index (κ1) is 27.8. The van der Waals surface area contributed by atoms with E-state index in [0.717, 1.165) is 70.9 Å². The molecule has 1 aliphatic heterocycles. The first-order chi connectivity index (χ1) is 17.6. The van der Waals surface area contributed by atoms with Crippen LogP contribution in [-0.4, -0.2) is 91.1 Å². The zero-order valence-corrected chi connectivity index (χ0v) is 24.0. The third-order valence-electron chi connectivity index (χ3n) is 11.9. The Morgan fingerprint density at radius 2 is 1.73 bits per heavy atom. The van der Waals surface area contributed by atoms with Crippen LogP contribution in [0.25, 0.3) is 0 Å². The molecule has 1 heterocycles. The van der Waals surface area contributed by atoms with Crippen LogP contribution < -0.4 is 0 Å². The Hall–Kier alpha value is -0.730. The summed E-state index contributed by atoms with van der Waals surface area (Å²) in [6.07, 6.45) is 13.2. The van der Waals surface area contributed by atoms with Crippen molar-refractivity contribution < 1.29 is 19.8 Å². The molecule has 0 aromatic carbocycles. The van der Waals surface area contributed by atoms with Gasteiger partial charge in [-0.3, -0.25) is 0 Å². The van der Waals surface area contributed by atoms with E-state index >= 15 is 0 Å². The molecule has 8 atom stereocenters. The summed E-state index contributed by atoms with van der Waals surface area (Å²) in [6.45, 7) is 10.1. The maximum Gasteiger partial charge on any atom is 0.165 e. The third kappa shape index (κ3) is 5.13. The maximum atomic E-state index is 12.4. The van der Waals surface area contributed by atoms with E-state index < -0.39 is 11.4 Å². The highest BCUT2D eigenvalue weighted by atomic mass is 16.6. The van der Waals surface area contributed by atoms with Crippen molar-refractivity contribution in [1.82, 2.24) is 9.80 Å². The molecule has 2 N–H and O–H groups in total. The number of likely N-dealkylation sites (tertiary alicyclic amines) is 1. The lowest BCUT2D eigenvalue weighted by molar-refractivity contribution is -0.269. The number of hydrogen-bond donors (Lipinski definition) is 2. The smallest absolute Gasteiger partial charge is 0.165 e. The van der Waals surface area contributed by atoms with E-state index in [0.29, 0.717) is 31.0 Å². The zero-order valence-electron chi connectivity index (χ0n) is 24.0. The minimum atomic E-state index is -0.974. The number of aliphatic hydroxyl groups is 2. The Morgan fingerprint density at radius 1 is 0.946 bits per heavy atom. The quantitative estimate of drug-likeness (QED) is 0.207. The number of nitrogens with zero attached hydrogens (tertiary/aromatic N) is 3. The Labute approximate surface area is 224 Å². The molecular weight excluding hydrogens is 466 g/mol. The lowest BCUT2D eigenvalue weighted by atomic mass is 9.43. The van der Waals surface area contributed by atoms with Crippen molar-refractivity contribution in [2.24, 2.45) is 39.7 Å². The Balaban J connectivity index is 1.21. The van der Waals surface area contributed by atoms with Crippen LogP contribution >= 0.6 is 0 Å². The van der Waals surface area contributed by atoms with Gasteiger partial charge < -0.3 is 29.6 Å². The highest BCUT2D eigenvalue weighted by molar-refractivity contribution is 5.63. The van der Waals surface area contributed by atoms with E-state index in [1.54, 1.807) is 0 Å². The largest absolute Gasteiger partial charge is 0.395 e. The van der Waals surface area contributed by atoms with E-state index in [9.17, 15) is 10.2 Å². The Morgan fingerprint density at radius 3 is 2.49 bits per heavy atom. The standard InChI is InChI=1S/C30H53N3O4/c1-27-13-14-29(34,36-19-18-33-15-5-6-16-33)21-23(27)7-8-26-25(27)10-11-28(2)24(9-12-30(26,28)35)22-31-37-20-17-32(3)4/h22-26,34-35H,5-21H2,1-4H3/b31-22+/t23-,24-,25+,26-,27+,28-,29+,30+/m1/s1. The van der Waals surface area contributed by atoms with Crippen LogP contribution in [0.4, 0.5) is 0 Å². The summed E-state index contributed by atoms with van der Waals surface area (Å²) in [6, 6.07) is 0. The summed E-state index contributed by atoms with van der Waals surface area (Å²) in [5, 5.41) is 28.1. The molecule has 5 rings (SSSR count). The predicted octanol–water partition coefficient (Wildman–Crippen LogP) is 4.13. The molecule has 7 heteroatoms. The van der Waals surface area contributed by atoms with Crippen molar-refractivity contribution >= 4 is 6.21 Å². The summed E-state index contributed by atoms with van der Waals surface area (Å²) in [4.78, 5) is 10.1. The van der Waals surface area contributed by atoms with Crippen LogP contribution in [0, 0.1) is 34.5 Å². The number of oxime groups is 1. The molecule has 0 aromatic heterocycles. The van der Waals surface area contributed by atoms with Gasteiger partial charge in [0, 0.05) is 43.5 Å². The fourth-order valence-corrected chi connectivity index (χ4v) is 9.35. The average Bonchev–Trinajstić information content (AvgIpc) is 3.46. The van der Waals surface area contributed by atoms with Crippen LogP contribution in [0.3, 0.4) is 0 Å². The molecule has 212 valence electrons. The Kier molecular flexibility index (Phi) is 8.03. The first-order valence-electron chi connectivity index (χ1n) is 15.2. The number of hydrogen-bond acceptors (Lipinski definition) is 7. The maximum absolute atomic E-state index is 12.4. The van der Waals surface area contributed by atoms with E-state index in [2.05, 4.69) is 28.8 Å². The lowest BCUT2D eigenvalue weighted by Gasteiger charge is -2.64. The van der Waals surface area contributed by atoms with Crippen molar-refractivity contribution in [3.05, 3.63) is 0 Å². The molecule has 0 amide bonds. The minimum Gasteiger partial charge on any atom is -0.395 e. The first-order valence-corrected chi connectivity index (χ1v) is 15.2. The number of rotatable bonds is 9. The molecule has 5 aliphatic rings. The molecule has 7 nitrogen and oxygen atoms in total. The van der Waals surface area contributed by atoms with E-state index in [1.807, 2.05) is 20.3 Å². The van der Waals surface area contributed by atoms with Gasteiger partial charge in [0.2, 0.25) is 0 Å². The van der Waals surface area contributed by atoms with Gasteiger partial charge in [0.25, 0.3) is 0 Å². The zero-order chi connectivity index (χ0) is 26.3. The second-order valence-corrected chi connectivity index (χ2v) is 14.0. The molecule has 4 aliphatic carbocycles. The van der Waals surface area contributed by atoms with Crippen molar-refractivity contribution in [1.29, 1.82) is 0 Å². The van der Waals surface area contributed by atoms with Gasteiger partial charge in [-0.25, -0.2) is 0 Å². The van der Waals surface area contributed by atoms with E-state index in [4.69, 9.17) is 9.57 Å². The van der Waals surface area contributed by atoms with Crippen LogP contribution in [0.15, 0.2) is 5.16 Å². The van der Waals surface area contributed by atoms with Crippen molar-refractivity contribution in [2.75, 3.05) is 53.5 Å². The molecule has 0 bridgehead atoms. The molecule has 4 saturated carbocycles. The predicted molar refractivity (Wildman–Crippen MR) is 146 cm³/mol. The second kappa shape index (κ2) is 10.7. The normalized spacial score (nSPS) is 46.2. The molecular formula is C30H53N3O4. The van der Waals surface area contributed by atoms with Gasteiger partial charge in [-0.05, 0) is 108 Å². The van der Waals surface area contributed by atoms with E-state index in [1.165, 1.54) is 25.9 Å². The summed E-state index contributed by atoms with van der Waals surface area (Å²) < 4.78 is 6.18. The van der Waals surface area contributed by atoms with Gasteiger partial charge in [-0.1, -0.05) is 19.0 Å².